The van der Waals surface area contributed by atoms with Crippen LogP contribution in [0.4, 0.5) is 26.3 Å². The molecule has 128 heavy (non-hydrogen) atoms. The van der Waals surface area contributed by atoms with Crippen LogP contribution < -0.4 is 39.5 Å². The van der Waals surface area contributed by atoms with Gasteiger partial charge in [0.15, 0.2) is 30.4 Å². The average Bonchev–Trinajstić information content (AvgIpc) is 1.34. The Balaban J connectivity index is -0.000000698. The van der Waals surface area contributed by atoms with Gasteiger partial charge < -0.3 is 67.1 Å². The summed E-state index contributed by atoms with van der Waals surface area (Å²) in [6.07, 6.45) is 24.6. The first-order valence-corrected chi connectivity index (χ1v) is 38.1. The first-order chi connectivity index (χ1) is 57.9. The molecular formula is C82H110Br2ClF6MgN29O7+2. The Bertz CT molecular complexity index is 5010. The summed E-state index contributed by atoms with van der Waals surface area (Å²) < 4.78 is 83.8. The van der Waals surface area contributed by atoms with Gasteiger partial charge in [0.25, 0.3) is 0 Å². The van der Waals surface area contributed by atoms with E-state index in [9.17, 15) is 45.5 Å². The molecule has 0 radical (unpaired) electrons. The Hall–Kier alpha value is -12.1. The number of aldehydes is 1. The number of nitrogens with zero attached hydrogens (tertiary/aromatic N) is 24. The van der Waals surface area contributed by atoms with E-state index in [4.69, 9.17) is 43.5 Å². The Morgan fingerprint density at radius 2 is 0.898 bits per heavy atom. The molecule has 2 aromatic carbocycles. The van der Waals surface area contributed by atoms with Crippen molar-refractivity contribution >= 4 is 106 Å². The van der Waals surface area contributed by atoms with E-state index in [-0.39, 0.29) is 124 Å². The Morgan fingerprint density at radius 3 is 1.18 bits per heavy atom. The molecule has 8 aromatic heterocycles. The number of hydrogen-bond donors (Lipinski definition) is 8. The van der Waals surface area contributed by atoms with Gasteiger partial charge in [0.1, 0.15) is 86.7 Å². The second-order valence-electron chi connectivity index (χ2n) is 27.1. The largest absolute Gasteiger partial charge is 2.00 e. The van der Waals surface area contributed by atoms with Crippen LogP contribution in [0.5, 0.6) is 0 Å². The number of aliphatic hydroxyl groups excluding tert-OH is 1. The Kier molecular flexibility index (Phi) is 60.9. The second-order valence-corrected chi connectivity index (χ2v) is 27.7. The van der Waals surface area contributed by atoms with Gasteiger partial charge >= 0.3 is 47.3 Å². The molecule has 0 aliphatic carbocycles. The number of nitrogens with one attached hydrogen (secondary N) is 2. The number of carbonyl (C=O) groups is 4. The molecule has 0 fully saturated rings. The molecule has 1 amide bonds. The van der Waals surface area contributed by atoms with Crippen molar-refractivity contribution in [2.24, 2.45) is 22.3 Å². The third-order valence-electron chi connectivity index (χ3n) is 14.5. The van der Waals surface area contributed by atoms with Gasteiger partial charge in [0.2, 0.25) is 5.91 Å². The number of aromatic nitrogens is 18. The number of aryl methyl sites for hydroxylation is 8. The molecule has 688 valence electrons. The van der Waals surface area contributed by atoms with Gasteiger partial charge in [-0.15, -0.1) is 22.6 Å². The van der Waals surface area contributed by atoms with Crippen LogP contribution >= 0.6 is 28.3 Å². The summed E-state index contributed by atoms with van der Waals surface area (Å²) in [6, 6.07) is 6.68. The van der Waals surface area contributed by atoms with Crippen molar-refractivity contribution in [3.8, 4) is 22.8 Å². The van der Waals surface area contributed by atoms with Crippen LogP contribution in [0.15, 0.2) is 152 Å². The number of carboxylic acids is 2. The molecule has 0 aliphatic rings. The zero-order chi connectivity index (χ0) is 94.1. The monoisotopic (exact) mass is 1940 g/mol. The number of alkyl halides is 7. The molecule has 46 heteroatoms. The quantitative estimate of drug-likeness (QED) is 0.00322. The Labute approximate surface area is 781 Å². The van der Waals surface area contributed by atoms with Crippen molar-refractivity contribution in [1.82, 2.24) is 99.6 Å². The van der Waals surface area contributed by atoms with E-state index in [2.05, 4.69) is 130 Å². The molecular weight excluding hydrogens is 1840 g/mol. The van der Waals surface area contributed by atoms with E-state index in [1.54, 1.807) is 117 Å². The number of amidine groups is 1. The minimum absolute atomic E-state index is 0. The van der Waals surface area contributed by atoms with Gasteiger partial charge in [-0.05, 0) is 149 Å². The first kappa shape index (κ1) is 122. The number of rotatable bonds is 18. The maximum absolute atomic E-state index is 13.0. The minimum Gasteiger partial charge on any atom is -1.00 e. The maximum atomic E-state index is 13.0. The van der Waals surface area contributed by atoms with E-state index < -0.39 is 41.5 Å². The number of hydrogen-bond acceptors (Lipinski definition) is 26. The fourth-order valence-electron chi connectivity index (χ4n) is 8.48. The molecule has 0 spiro atoms. The molecule has 8 heterocycles. The molecule has 36 nitrogen and oxygen atoms in total. The number of halogens is 9. The number of azide groups is 1. The molecule has 5 unspecified atom stereocenters. The second kappa shape index (κ2) is 63.8. The van der Waals surface area contributed by atoms with Crippen LogP contribution in [-0.2, 0) is 26.7 Å². The zero-order valence-corrected chi connectivity index (χ0v) is 80.2. The van der Waals surface area contributed by atoms with Crippen molar-refractivity contribution in [3.63, 3.8) is 0 Å². The van der Waals surface area contributed by atoms with Gasteiger partial charge in [-0.25, -0.2) is 93.1 Å². The molecule has 0 saturated heterocycles. The van der Waals surface area contributed by atoms with Crippen molar-refractivity contribution in [2.75, 3.05) is 47.6 Å². The maximum Gasteiger partial charge on any atom is 2.00 e. The van der Waals surface area contributed by atoms with Crippen LogP contribution in [0.3, 0.4) is 0 Å². The molecule has 10 aromatic rings. The first-order valence-electron chi connectivity index (χ1n) is 37.0. The van der Waals surface area contributed by atoms with Crippen molar-refractivity contribution in [2.45, 2.75) is 140 Å². The van der Waals surface area contributed by atoms with E-state index in [0.717, 1.165) is 92.8 Å². The van der Waals surface area contributed by atoms with Gasteiger partial charge in [0.05, 0.1) is 40.7 Å². The van der Waals surface area contributed by atoms with Crippen molar-refractivity contribution in [3.05, 3.63) is 256 Å². The van der Waals surface area contributed by atoms with Crippen LogP contribution in [-0.4, -0.2) is 232 Å². The van der Waals surface area contributed by atoms with E-state index >= 15 is 0 Å². The van der Waals surface area contributed by atoms with E-state index in [1.165, 1.54) is 60.6 Å². The number of aliphatic carboxylic acids is 2. The van der Waals surface area contributed by atoms with Gasteiger partial charge in [-0.1, -0.05) is 28.0 Å². The standard InChI is InChI=1S/C20H19F3N6O.C13H10F3N3O2.C10H21N3.C7H9N5.2C7H11N3.C7H10N2O.C6H6N2O.C2H3BrO2.C2H6N2.CH3.BrH.ClH.Mg/c1-12-6-15(8-17(7-12)20(21,22)23)19-26-11-29(28-19)5-4-18(30)27-13(2)16-9-24-14(3)25-10-16;1-8-4-9(6-10(5-8)13(14,15)16)12-17-7-19(18-12)3-2-11(20)21;1-11(2)7-10(8-12(3)4)9-13(5)6;1-5(11-12-8)7-3-9-6(2)10-4-7;2*1-5(8)7-3-9-6(2)10-4-7;1-5(10)7-3-8-6(2)9-4-7;1-5-7-2-6(4-9)3-8-5;3-1-2(4)5;1-2(3)4;;;;/h4-11,13H,1-3H3,(H,27,30);2-7H,1H3,(H,20,21);7-9H,1-6H3;3-5H,1-2H3;2*3-5H,8H2,1-2H3;3-5,10H,1-2H3;2-4H,1H3;1H2,(H,4,5);1H3,(H3,3,4);1H3;2*1H;/q;;+2;;;;;;;;-1;;;+2/p-1/b5-4-;3-2-;;;;;;;;;;;;. The Morgan fingerprint density at radius 1 is 0.586 bits per heavy atom. The number of carbonyl (C=O) groups excluding carboxylic acids is 2. The summed E-state index contributed by atoms with van der Waals surface area (Å²) in [5.74, 6) is 2.32. The fraction of sp³-hybridized carbons (Fsp3) is 0.341. The molecule has 5 atom stereocenters. The normalized spacial score (nSPS) is 11.2. The summed E-state index contributed by atoms with van der Waals surface area (Å²) in [4.78, 5) is 102. The van der Waals surface area contributed by atoms with Crippen LogP contribution in [0.25, 0.3) is 45.6 Å². The van der Waals surface area contributed by atoms with Crippen molar-refractivity contribution < 1.29 is 87.0 Å². The molecule has 11 N–H and O–H groups in total. The minimum atomic E-state index is -4.46. The molecule has 0 aliphatic heterocycles. The number of carboxylic acid groups (broad SMARTS) is 2. The molecule has 0 bridgehead atoms. The van der Waals surface area contributed by atoms with Gasteiger partial charge in [-0.3, -0.25) is 19.8 Å². The summed E-state index contributed by atoms with van der Waals surface area (Å²) >= 11 is 2.71. The third-order valence-corrected chi connectivity index (χ3v) is 14.9. The van der Waals surface area contributed by atoms with E-state index in [1.807, 2.05) is 97.9 Å². The summed E-state index contributed by atoms with van der Waals surface area (Å²) in [7, 11) is 12.1. The van der Waals surface area contributed by atoms with Gasteiger partial charge in [-0.2, -0.15) is 26.3 Å². The summed E-state index contributed by atoms with van der Waals surface area (Å²) in [5, 5.41) is 45.8. The number of benzene rings is 2. The topological polar surface area (TPSA) is 517 Å². The van der Waals surface area contributed by atoms with Gasteiger partial charge in [0, 0.05) is 170 Å². The molecule has 0 saturated carbocycles. The zero-order valence-electron chi connectivity index (χ0n) is 74.8. The number of nitrogens with two attached hydrogens (primary N) is 3. The SMILES string of the molecule is CC(=N)N.CN(C)C=C(C=[N+](C)C)C=[N+](C)C.Cc1cc(-c2ncn(/C=C\C(=O)NC(C)c3cnc(C)nc3)n2)cc(C(F)(F)F)c1.Cc1cc(-c2ncn(/C=C\C(=O)O)n2)cc(C(F)(F)F)c1.Cc1ncc(C(C)N)cn1.Cc1ncc(C(C)N)cn1.Cc1ncc(C(C)N=[N+]=[N-])cn1.Cc1ncc(C(C)O)cn1.Cc1ncc(C=O)cn1.Cl.O=C(O)CBr.[Br-].[CH3-].[Mg+2]. The predicted octanol–water partition coefficient (Wildman–Crippen LogP) is 9.77. The summed E-state index contributed by atoms with van der Waals surface area (Å²) in [5.41, 5.74) is 29.8. The van der Waals surface area contributed by atoms with Crippen molar-refractivity contribution in [1.29, 1.82) is 5.41 Å². The number of aliphatic hydroxyl groups is 1. The predicted molar refractivity (Wildman–Crippen MR) is 481 cm³/mol. The number of allylic oxidation sites excluding steroid dienone is 1. The summed E-state index contributed by atoms with van der Waals surface area (Å²) in [6.45, 7) is 24.6. The van der Waals surface area contributed by atoms with Crippen LogP contribution in [0.2, 0.25) is 0 Å². The van der Waals surface area contributed by atoms with E-state index in [0.29, 0.717) is 34.2 Å². The smallest absolute Gasteiger partial charge is 1.00 e. The van der Waals surface area contributed by atoms with Crippen LogP contribution in [0.1, 0.15) is 167 Å². The van der Waals surface area contributed by atoms with Crippen LogP contribution in [0, 0.1) is 68.2 Å². The third kappa shape index (κ3) is 54.7. The molecule has 10 rings (SSSR count). The number of amides is 1. The average molecular weight is 1950 g/mol. The fourth-order valence-corrected chi connectivity index (χ4v) is 8.48.